The Balaban J connectivity index is 1.20. The Labute approximate surface area is 247 Å². The van der Waals surface area contributed by atoms with Gasteiger partial charge in [0.2, 0.25) is 11.7 Å². The molecule has 0 radical (unpaired) electrons. The number of ketones is 1. The summed E-state index contributed by atoms with van der Waals surface area (Å²) >= 11 is 0. The van der Waals surface area contributed by atoms with Crippen LogP contribution in [0.5, 0.6) is 0 Å². The van der Waals surface area contributed by atoms with Gasteiger partial charge >= 0.3 is 0 Å². The van der Waals surface area contributed by atoms with Gasteiger partial charge < -0.3 is 14.5 Å². The van der Waals surface area contributed by atoms with Gasteiger partial charge in [0.25, 0.3) is 5.89 Å². The van der Waals surface area contributed by atoms with Gasteiger partial charge in [-0.25, -0.2) is 13.4 Å². The summed E-state index contributed by atoms with van der Waals surface area (Å²) in [6.07, 6.45) is 5.47. The number of hydrogen-bond donors (Lipinski definition) is 1. The standard InChI is InChI=1S/C32H41N3O6S/c36-29(32-34-27-10-4-5-12-30(27)41-32)11-6-7-17-33-31(37)28(23-42(38,39)22-26-8-2-1-3-9-26)35(20-24-13-14-24)21-25-15-18-40-19-16-25/h1-5,8-10,12,24-25,28H,6-7,11,13-23H2,(H,33,37)/t28-/m0/s1. The monoisotopic (exact) mass is 595 g/mol. The molecule has 5 rings (SSSR count). The maximum absolute atomic E-state index is 13.6. The first kappa shape index (κ1) is 30.4. The number of aromatic nitrogens is 1. The first-order valence-corrected chi connectivity index (χ1v) is 16.9. The summed E-state index contributed by atoms with van der Waals surface area (Å²) in [5.74, 6) is 0.244. The summed E-state index contributed by atoms with van der Waals surface area (Å²) in [5.41, 5.74) is 1.95. The van der Waals surface area contributed by atoms with Gasteiger partial charge in [0.05, 0.1) is 11.5 Å². The van der Waals surface area contributed by atoms with Gasteiger partial charge in [0, 0.05) is 39.3 Å². The van der Waals surface area contributed by atoms with E-state index in [1.165, 1.54) is 0 Å². The number of unbranched alkanes of at least 4 members (excludes halogenated alkanes) is 1. The molecule has 0 unspecified atom stereocenters. The Morgan fingerprint density at radius 3 is 2.33 bits per heavy atom. The predicted octanol–water partition coefficient (Wildman–Crippen LogP) is 4.42. The molecule has 3 aromatic rings. The lowest BCUT2D eigenvalue weighted by Gasteiger charge is -2.35. The Morgan fingerprint density at radius 2 is 1.62 bits per heavy atom. The number of hydrogen-bond acceptors (Lipinski definition) is 8. The topological polar surface area (TPSA) is 119 Å². The zero-order chi connectivity index (χ0) is 29.4. The van der Waals surface area contributed by atoms with Crippen molar-refractivity contribution in [3.05, 3.63) is 66.1 Å². The van der Waals surface area contributed by atoms with E-state index < -0.39 is 15.9 Å². The highest BCUT2D eigenvalue weighted by Crippen LogP contribution is 2.31. The van der Waals surface area contributed by atoms with Crippen LogP contribution < -0.4 is 5.32 Å². The summed E-state index contributed by atoms with van der Waals surface area (Å²) in [6, 6.07) is 15.6. The van der Waals surface area contributed by atoms with Gasteiger partial charge in [0.1, 0.15) is 11.6 Å². The maximum atomic E-state index is 13.6. The number of Topliss-reactive ketones (excluding diaryl/α,β-unsaturated/α-hetero) is 1. The predicted molar refractivity (Wildman–Crippen MR) is 161 cm³/mol. The Kier molecular flexibility index (Phi) is 10.4. The quantitative estimate of drug-likeness (QED) is 0.191. The number of amides is 1. The van der Waals surface area contributed by atoms with Crippen LogP contribution in [0.4, 0.5) is 0 Å². The van der Waals surface area contributed by atoms with E-state index in [2.05, 4.69) is 15.2 Å². The third-order valence-corrected chi connectivity index (χ3v) is 9.67. The van der Waals surface area contributed by atoms with Crippen molar-refractivity contribution in [1.82, 2.24) is 15.2 Å². The molecule has 1 aromatic heterocycles. The molecule has 9 nitrogen and oxygen atoms in total. The van der Waals surface area contributed by atoms with Gasteiger partial charge in [0.15, 0.2) is 15.4 Å². The average Bonchev–Trinajstić information content (AvgIpc) is 3.70. The lowest BCUT2D eigenvalue weighted by Crippen LogP contribution is -2.53. The molecule has 10 heteroatoms. The van der Waals surface area contributed by atoms with Crippen LogP contribution in [-0.2, 0) is 25.1 Å². The lowest BCUT2D eigenvalue weighted by molar-refractivity contribution is -0.126. The van der Waals surface area contributed by atoms with E-state index in [9.17, 15) is 18.0 Å². The second-order valence-corrected chi connectivity index (χ2v) is 13.8. The Morgan fingerprint density at radius 1 is 0.929 bits per heavy atom. The first-order valence-electron chi connectivity index (χ1n) is 15.1. The highest BCUT2D eigenvalue weighted by atomic mass is 32.2. The van der Waals surface area contributed by atoms with Gasteiger partial charge in [-0.2, -0.15) is 0 Å². The smallest absolute Gasteiger partial charge is 0.264 e. The minimum absolute atomic E-state index is 0.0932. The summed E-state index contributed by atoms with van der Waals surface area (Å²) in [6.45, 7) is 3.19. The van der Waals surface area contributed by atoms with Crippen LogP contribution in [0.1, 0.15) is 61.2 Å². The number of ether oxygens (including phenoxy) is 1. The fourth-order valence-electron chi connectivity index (χ4n) is 5.53. The number of benzene rings is 2. The molecular formula is C32H41N3O6S. The Bertz CT molecular complexity index is 1400. The van der Waals surface area contributed by atoms with Crippen molar-refractivity contribution in [2.75, 3.05) is 38.6 Å². The number of nitrogens with zero attached hydrogens (tertiary/aromatic N) is 2. The van der Waals surface area contributed by atoms with Gasteiger partial charge in [-0.1, -0.05) is 42.5 Å². The van der Waals surface area contributed by atoms with E-state index in [1.807, 2.05) is 30.3 Å². The number of rotatable bonds is 16. The van der Waals surface area contributed by atoms with Gasteiger partial charge in [-0.05, 0) is 68.1 Å². The summed E-state index contributed by atoms with van der Waals surface area (Å²) in [7, 11) is -3.56. The number of para-hydroxylation sites is 2. The average molecular weight is 596 g/mol. The molecule has 1 aliphatic heterocycles. The summed E-state index contributed by atoms with van der Waals surface area (Å²) in [5, 5.41) is 3.00. The molecule has 226 valence electrons. The van der Waals surface area contributed by atoms with Crippen molar-refractivity contribution in [3.8, 4) is 0 Å². The van der Waals surface area contributed by atoms with Crippen molar-refractivity contribution in [1.29, 1.82) is 0 Å². The van der Waals surface area contributed by atoms with Crippen molar-refractivity contribution in [2.24, 2.45) is 11.8 Å². The van der Waals surface area contributed by atoms with E-state index in [0.717, 1.165) is 37.8 Å². The summed E-state index contributed by atoms with van der Waals surface area (Å²) < 4.78 is 37.9. The summed E-state index contributed by atoms with van der Waals surface area (Å²) in [4.78, 5) is 32.6. The lowest BCUT2D eigenvalue weighted by atomic mass is 9.98. The van der Waals surface area contributed by atoms with Crippen LogP contribution in [0.15, 0.2) is 59.0 Å². The van der Waals surface area contributed by atoms with E-state index in [0.29, 0.717) is 62.1 Å². The van der Waals surface area contributed by atoms with Crippen molar-refractivity contribution in [3.63, 3.8) is 0 Å². The number of oxazole rings is 1. The molecule has 1 amide bonds. The largest absolute Gasteiger partial charge is 0.434 e. The van der Waals surface area contributed by atoms with E-state index in [-0.39, 0.29) is 35.5 Å². The molecule has 0 spiro atoms. The molecule has 42 heavy (non-hydrogen) atoms. The maximum Gasteiger partial charge on any atom is 0.264 e. The zero-order valence-electron chi connectivity index (χ0n) is 24.1. The number of carbonyl (C=O) groups excluding carboxylic acids is 2. The number of nitrogens with one attached hydrogen (secondary N) is 1. The van der Waals surface area contributed by atoms with E-state index >= 15 is 0 Å². The molecule has 1 atom stereocenters. The normalized spacial score (nSPS) is 17.0. The van der Waals surface area contributed by atoms with Crippen molar-refractivity contribution in [2.45, 2.75) is 56.7 Å². The number of carbonyl (C=O) groups is 2. The second kappa shape index (κ2) is 14.4. The molecule has 2 heterocycles. The van der Waals surface area contributed by atoms with Crippen LogP contribution in [0, 0.1) is 11.8 Å². The highest BCUT2D eigenvalue weighted by Gasteiger charge is 2.36. The number of fused-ring (bicyclic) bond motifs is 1. The molecule has 1 N–H and O–H groups in total. The molecule has 1 saturated heterocycles. The van der Waals surface area contributed by atoms with Crippen LogP contribution in [0.3, 0.4) is 0 Å². The van der Waals surface area contributed by atoms with Crippen molar-refractivity contribution >= 4 is 32.6 Å². The van der Waals surface area contributed by atoms with E-state index in [1.54, 1.807) is 24.3 Å². The van der Waals surface area contributed by atoms with Crippen LogP contribution in [0.25, 0.3) is 11.1 Å². The molecule has 0 bridgehead atoms. The zero-order valence-corrected chi connectivity index (χ0v) is 24.9. The molecule has 1 saturated carbocycles. The SMILES string of the molecule is O=C(CCCCNC(=O)[C@H](CS(=O)(=O)Cc1ccccc1)N(CC1CCOCC1)CC1CC1)c1nc2ccccc2o1. The van der Waals surface area contributed by atoms with Gasteiger partial charge in [-0.3, -0.25) is 14.5 Å². The highest BCUT2D eigenvalue weighted by molar-refractivity contribution is 7.90. The van der Waals surface area contributed by atoms with Crippen LogP contribution in [-0.4, -0.2) is 74.6 Å². The van der Waals surface area contributed by atoms with E-state index in [4.69, 9.17) is 9.15 Å². The fourth-order valence-corrected chi connectivity index (χ4v) is 7.20. The molecule has 2 aromatic carbocycles. The third-order valence-electron chi connectivity index (χ3n) is 8.07. The Hall–Kier alpha value is -3.08. The minimum Gasteiger partial charge on any atom is -0.434 e. The second-order valence-electron chi connectivity index (χ2n) is 11.7. The third kappa shape index (κ3) is 8.96. The number of sulfone groups is 1. The van der Waals surface area contributed by atoms with Crippen molar-refractivity contribution < 1.29 is 27.2 Å². The molecule has 1 aliphatic carbocycles. The fraction of sp³-hybridized carbons (Fsp3) is 0.531. The van der Waals surface area contributed by atoms with Crippen LogP contribution >= 0.6 is 0 Å². The van der Waals surface area contributed by atoms with Crippen LogP contribution in [0.2, 0.25) is 0 Å². The first-order chi connectivity index (χ1) is 20.4. The molecule has 2 aliphatic rings. The minimum atomic E-state index is -3.56. The van der Waals surface area contributed by atoms with Gasteiger partial charge in [-0.15, -0.1) is 0 Å². The molecule has 2 fully saturated rings. The molecular weight excluding hydrogens is 554 g/mol.